The number of carboxylic acids is 1. The van der Waals surface area contributed by atoms with Crippen molar-refractivity contribution in [3.63, 3.8) is 0 Å². The molecule has 9 nitrogen and oxygen atoms in total. The molecule has 0 unspecified atom stereocenters. The molecule has 0 aliphatic carbocycles. The van der Waals surface area contributed by atoms with Gasteiger partial charge in [-0.15, -0.1) is 19.8 Å². The monoisotopic (exact) mass is 418 g/mol. The summed E-state index contributed by atoms with van der Waals surface area (Å²) in [4.78, 5) is 26.1. The summed E-state index contributed by atoms with van der Waals surface area (Å²) in [5.41, 5.74) is 0.240. The number of carboxylic acid groups (broad SMARTS) is 1. The molecule has 0 fully saturated rings. The third-order valence-electron chi connectivity index (χ3n) is 3.92. The van der Waals surface area contributed by atoms with Crippen LogP contribution < -0.4 is 5.32 Å². The number of aromatic nitrogens is 5. The van der Waals surface area contributed by atoms with Crippen molar-refractivity contribution in [2.75, 3.05) is 5.32 Å². The maximum Gasteiger partial charge on any atom is 0.356 e. The molecule has 0 saturated carbocycles. The van der Waals surface area contributed by atoms with Crippen molar-refractivity contribution in [1.29, 1.82) is 0 Å². The molecule has 146 valence electrons. The molecule has 0 saturated heterocycles. The van der Waals surface area contributed by atoms with Gasteiger partial charge >= 0.3 is 5.97 Å². The summed E-state index contributed by atoms with van der Waals surface area (Å²) in [5.74, 6) is -4.84. The van der Waals surface area contributed by atoms with Gasteiger partial charge in [0.15, 0.2) is 23.1 Å². The molecular weight excluding hydrogens is 410 g/mol. The van der Waals surface area contributed by atoms with E-state index in [1.54, 1.807) is 24.3 Å². The van der Waals surface area contributed by atoms with Crippen molar-refractivity contribution >= 4 is 40.3 Å². The van der Waals surface area contributed by atoms with Gasteiger partial charge in [0.2, 0.25) is 0 Å². The summed E-state index contributed by atoms with van der Waals surface area (Å²) in [7, 11) is 0. The number of para-hydroxylation sites is 1. The lowest BCUT2D eigenvalue weighted by Gasteiger charge is -2.10. The number of aromatic carboxylic acids is 1. The van der Waals surface area contributed by atoms with Gasteiger partial charge in [-0.05, 0) is 29.5 Å². The highest BCUT2D eigenvalue weighted by Gasteiger charge is 2.21. The molecule has 2 heterocycles. The van der Waals surface area contributed by atoms with Gasteiger partial charge in [-0.2, -0.15) is 0 Å². The first-order valence-electron chi connectivity index (χ1n) is 7.95. The van der Waals surface area contributed by atoms with Crippen LogP contribution in [0.4, 0.5) is 14.6 Å². The summed E-state index contributed by atoms with van der Waals surface area (Å²) in [5, 5.41) is 23.1. The fourth-order valence-electron chi connectivity index (χ4n) is 2.58. The van der Waals surface area contributed by atoms with Gasteiger partial charge in [0.05, 0.1) is 10.6 Å². The molecule has 0 spiro atoms. The summed E-state index contributed by atoms with van der Waals surface area (Å²) >= 11 is 5.82. The van der Waals surface area contributed by atoms with Crippen molar-refractivity contribution in [2.45, 2.75) is 0 Å². The number of halogens is 3. The molecule has 12 heteroatoms. The first-order chi connectivity index (χ1) is 13.8. The van der Waals surface area contributed by atoms with Crippen molar-refractivity contribution < 1.29 is 23.5 Å². The van der Waals surface area contributed by atoms with Gasteiger partial charge in [-0.25, -0.2) is 13.6 Å². The van der Waals surface area contributed by atoms with E-state index in [9.17, 15) is 23.5 Å². The molecule has 0 aliphatic rings. The van der Waals surface area contributed by atoms with Gasteiger partial charge in [0.1, 0.15) is 11.0 Å². The highest BCUT2D eigenvalue weighted by atomic mass is 35.5. The second-order valence-corrected chi connectivity index (χ2v) is 6.18. The van der Waals surface area contributed by atoms with E-state index in [0.29, 0.717) is 23.2 Å². The van der Waals surface area contributed by atoms with Gasteiger partial charge in [0, 0.05) is 6.07 Å². The number of nitrogens with one attached hydrogen (secondary N) is 1. The Bertz CT molecular complexity index is 1290. The van der Waals surface area contributed by atoms with Crippen LogP contribution in [0.25, 0.3) is 11.0 Å². The van der Waals surface area contributed by atoms with Gasteiger partial charge in [-0.1, -0.05) is 23.7 Å². The predicted octanol–water partition coefficient (Wildman–Crippen LogP) is 2.82. The number of amides is 1. The van der Waals surface area contributed by atoms with Crippen molar-refractivity contribution in [3.8, 4) is 0 Å². The first-order valence-corrected chi connectivity index (χ1v) is 8.33. The van der Waals surface area contributed by atoms with Crippen LogP contribution in [0.5, 0.6) is 0 Å². The molecule has 4 aromatic rings. The van der Waals surface area contributed by atoms with E-state index in [4.69, 9.17) is 11.6 Å². The Labute approximate surface area is 165 Å². The van der Waals surface area contributed by atoms with E-state index >= 15 is 0 Å². The maximum atomic E-state index is 13.5. The van der Waals surface area contributed by atoms with Crippen molar-refractivity contribution in [3.05, 3.63) is 70.4 Å². The number of hydrogen-bond acceptors (Lipinski definition) is 5. The SMILES string of the molecule is O=C(O)c1cc(NC(=O)c2cc(F)c(F)cc2Cl)n(-n2nnc3ccccc32)n1. The zero-order valence-electron chi connectivity index (χ0n) is 14.2. The molecular formula is C17H9ClF2N6O3. The average molecular weight is 419 g/mol. The summed E-state index contributed by atoms with van der Waals surface area (Å²) in [6, 6.07) is 9.16. The van der Waals surface area contributed by atoms with E-state index in [1.807, 2.05) is 0 Å². The largest absolute Gasteiger partial charge is 0.476 e. The lowest BCUT2D eigenvalue weighted by Crippen LogP contribution is -2.21. The molecule has 2 aromatic carbocycles. The van der Waals surface area contributed by atoms with Crippen molar-refractivity contribution in [1.82, 2.24) is 25.0 Å². The first kappa shape index (κ1) is 18.5. The van der Waals surface area contributed by atoms with E-state index in [1.165, 1.54) is 4.79 Å². The van der Waals surface area contributed by atoms with E-state index in [2.05, 4.69) is 20.7 Å². The summed E-state index contributed by atoms with van der Waals surface area (Å²) in [6.45, 7) is 0. The van der Waals surface area contributed by atoms with Crippen LogP contribution in [0, 0.1) is 11.6 Å². The Kier molecular flexibility index (Phi) is 4.43. The number of carbonyl (C=O) groups excluding carboxylic acids is 1. The quantitative estimate of drug-likeness (QED) is 0.492. The molecule has 1 amide bonds. The topological polar surface area (TPSA) is 115 Å². The Balaban J connectivity index is 1.79. The molecule has 29 heavy (non-hydrogen) atoms. The minimum atomic E-state index is -1.35. The third kappa shape index (κ3) is 3.27. The molecule has 0 bridgehead atoms. The summed E-state index contributed by atoms with van der Waals surface area (Å²) in [6.07, 6.45) is 0. The van der Waals surface area contributed by atoms with Crippen molar-refractivity contribution in [2.24, 2.45) is 0 Å². The Hall–Kier alpha value is -3.86. The number of hydrogen-bond donors (Lipinski definition) is 2. The van der Waals surface area contributed by atoms with Crippen LogP contribution in [-0.4, -0.2) is 42.0 Å². The average Bonchev–Trinajstić information content (AvgIpc) is 3.28. The Morgan fingerprint density at radius 1 is 1.07 bits per heavy atom. The summed E-state index contributed by atoms with van der Waals surface area (Å²) < 4.78 is 26.8. The molecule has 0 radical (unpaired) electrons. The highest BCUT2D eigenvalue weighted by molar-refractivity contribution is 6.34. The number of carbonyl (C=O) groups is 2. The van der Waals surface area contributed by atoms with Crippen LogP contribution >= 0.6 is 11.6 Å². The van der Waals surface area contributed by atoms with E-state index < -0.39 is 29.2 Å². The number of benzene rings is 2. The van der Waals surface area contributed by atoms with E-state index in [-0.39, 0.29) is 16.4 Å². The highest BCUT2D eigenvalue weighted by Crippen LogP contribution is 2.22. The van der Waals surface area contributed by atoms with Crippen LogP contribution in [0.1, 0.15) is 20.8 Å². The van der Waals surface area contributed by atoms with Crippen LogP contribution in [-0.2, 0) is 0 Å². The van der Waals surface area contributed by atoms with Gasteiger partial charge < -0.3 is 10.4 Å². The second kappa shape index (κ2) is 6.95. The number of nitrogens with zero attached hydrogens (tertiary/aromatic N) is 5. The normalized spacial score (nSPS) is 11.0. The fourth-order valence-corrected chi connectivity index (χ4v) is 2.82. The lowest BCUT2D eigenvalue weighted by atomic mass is 10.2. The second-order valence-electron chi connectivity index (χ2n) is 5.78. The van der Waals surface area contributed by atoms with Gasteiger partial charge in [-0.3, -0.25) is 4.79 Å². The predicted molar refractivity (Wildman–Crippen MR) is 96.8 cm³/mol. The zero-order chi connectivity index (χ0) is 20.7. The van der Waals surface area contributed by atoms with Gasteiger partial charge in [0.25, 0.3) is 5.91 Å². The molecule has 2 aromatic heterocycles. The van der Waals surface area contributed by atoms with Crippen LogP contribution in [0.3, 0.4) is 0 Å². The zero-order valence-corrected chi connectivity index (χ0v) is 14.9. The molecule has 0 atom stereocenters. The minimum absolute atomic E-state index is 0.108. The fraction of sp³-hybridized carbons (Fsp3) is 0. The molecule has 2 N–H and O–H groups in total. The minimum Gasteiger partial charge on any atom is -0.476 e. The maximum absolute atomic E-state index is 13.5. The number of rotatable bonds is 4. The van der Waals surface area contributed by atoms with E-state index in [0.717, 1.165) is 10.9 Å². The standard InChI is InChI=1S/C17H9ClF2N6O3/c18-9-6-11(20)10(19)5-8(9)16(27)21-15-7-13(17(28)29)23-26(15)25-14-4-2-1-3-12(14)22-24-25/h1-7H,(H,21,27)(H,28,29). The third-order valence-corrected chi connectivity index (χ3v) is 4.23. The lowest BCUT2D eigenvalue weighted by molar-refractivity contribution is 0.0689. The molecule has 0 aliphatic heterocycles. The Morgan fingerprint density at radius 2 is 1.79 bits per heavy atom. The van der Waals surface area contributed by atoms with Crippen LogP contribution in [0.2, 0.25) is 5.02 Å². The number of anilines is 1. The smallest absolute Gasteiger partial charge is 0.356 e. The van der Waals surface area contributed by atoms with Crippen LogP contribution in [0.15, 0.2) is 42.5 Å². The Morgan fingerprint density at radius 3 is 2.55 bits per heavy atom. The molecule has 4 rings (SSSR count). The number of fused-ring (bicyclic) bond motifs is 1.